The molecule has 1 aliphatic rings. The molecule has 1 unspecified atom stereocenters. The van der Waals surface area contributed by atoms with E-state index in [0.717, 1.165) is 25.9 Å². The van der Waals surface area contributed by atoms with Crippen LogP contribution in [-0.2, 0) is 9.53 Å². The van der Waals surface area contributed by atoms with Crippen molar-refractivity contribution in [1.82, 2.24) is 0 Å². The molecule has 1 aliphatic heterocycles. The molecular weight excluding hydrogens is 194 g/mol. The van der Waals surface area contributed by atoms with E-state index in [1.165, 1.54) is 0 Å². The first-order valence-electron chi connectivity index (χ1n) is 5.46. The summed E-state index contributed by atoms with van der Waals surface area (Å²) in [5, 5.41) is 8.99. The topological polar surface area (TPSA) is 72.6 Å². The Morgan fingerprint density at radius 1 is 1.47 bits per heavy atom. The Balaban J connectivity index is 2.87. The third kappa shape index (κ3) is 2.92. The van der Waals surface area contributed by atoms with Gasteiger partial charge in [-0.1, -0.05) is 0 Å². The highest BCUT2D eigenvalue weighted by Crippen LogP contribution is 2.42. The monoisotopic (exact) mass is 215 g/mol. The van der Waals surface area contributed by atoms with Crippen molar-refractivity contribution in [2.75, 3.05) is 13.2 Å². The first-order chi connectivity index (χ1) is 6.87. The second-order valence-electron chi connectivity index (χ2n) is 5.04. The molecule has 1 heterocycles. The number of aliphatic carboxylic acids is 1. The third-order valence-electron chi connectivity index (χ3n) is 3.53. The fourth-order valence-electron chi connectivity index (χ4n) is 2.35. The number of carboxylic acids is 1. The molecule has 1 rings (SSSR count). The predicted octanol–water partition coefficient (Wildman–Crippen LogP) is 1.39. The van der Waals surface area contributed by atoms with Crippen molar-refractivity contribution >= 4 is 5.97 Å². The SMILES string of the molecule is CC(C)(N)C1(CC(=O)O)CCCOCC1. The quantitative estimate of drug-likeness (QED) is 0.746. The lowest BCUT2D eigenvalue weighted by Crippen LogP contribution is -2.52. The van der Waals surface area contributed by atoms with Gasteiger partial charge >= 0.3 is 5.97 Å². The lowest BCUT2D eigenvalue weighted by atomic mass is 9.65. The summed E-state index contributed by atoms with van der Waals surface area (Å²) in [6.07, 6.45) is 2.61. The number of hydrogen-bond acceptors (Lipinski definition) is 3. The van der Waals surface area contributed by atoms with Crippen LogP contribution >= 0.6 is 0 Å². The molecule has 0 aromatic heterocycles. The summed E-state index contributed by atoms with van der Waals surface area (Å²) in [7, 11) is 0. The van der Waals surface area contributed by atoms with E-state index in [1.807, 2.05) is 13.8 Å². The van der Waals surface area contributed by atoms with Crippen molar-refractivity contribution in [2.45, 2.75) is 45.1 Å². The molecule has 1 atom stereocenters. The molecule has 1 fully saturated rings. The summed E-state index contributed by atoms with van der Waals surface area (Å²) in [6, 6.07) is 0. The standard InChI is InChI=1S/C11H21NO3/c1-10(2,12)11(8-9(13)14)4-3-6-15-7-5-11/h3-8,12H2,1-2H3,(H,13,14). The lowest BCUT2D eigenvalue weighted by Gasteiger charge is -2.43. The molecule has 0 amide bonds. The molecule has 0 aromatic rings. The summed E-state index contributed by atoms with van der Waals surface area (Å²) < 4.78 is 5.38. The Labute approximate surface area is 90.8 Å². The van der Waals surface area contributed by atoms with Crippen molar-refractivity contribution in [3.05, 3.63) is 0 Å². The van der Waals surface area contributed by atoms with Gasteiger partial charge in [0.1, 0.15) is 0 Å². The molecule has 0 aliphatic carbocycles. The number of nitrogens with two attached hydrogens (primary N) is 1. The van der Waals surface area contributed by atoms with E-state index in [-0.39, 0.29) is 11.8 Å². The Morgan fingerprint density at radius 2 is 2.13 bits per heavy atom. The van der Waals surface area contributed by atoms with Crippen LogP contribution in [0.25, 0.3) is 0 Å². The minimum atomic E-state index is -0.768. The zero-order chi connectivity index (χ0) is 11.5. The molecule has 0 radical (unpaired) electrons. The summed E-state index contributed by atoms with van der Waals surface area (Å²) in [4.78, 5) is 10.9. The number of hydrogen-bond donors (Lipinski definition) is 2. The Bertz CT molecular complexity index is 224. The maximum Gasteiger partial charge on any atom is 0.303 e. The van der Waals surface area contributed by atoms with Gasteiger partial charge in [0.2, 0.25) is 0 Å². The van der Waals surface area contributed by atoms with Crippen molar-refractivity contribution < 1.29 is 14.6 Å². The van der Waals surface area contributed by atoms with Gasteiger partial charge in [-0.05, 0) is 33.1 Å². The Kier molecular flexibility index (Phi) is 3.73. The third-order valence-corrected chi connectivity index (χ3v) is 3.53. The second kappa shape index (κ2) is 4.49. The van der Waals surface area contributed by atoms with Crippen molar-refractivity contribution in [2.24, 2.45) is 11.1 Å². The van der Waals surface area contributed by atoms with Crippen molar-refractivity contribution in [3.8, 4) is 0 Å². The molecule has 0 spiro atoms. The molecule has 0 aromatic carbocycles. The van der Waals surface area contributed by atoms with Crippen LogP contribution in [0.15, 0.2) is 0 Å². The van der Waals surface area contributed by atoms with Gasteiger partial charge in [-0.15, -0.1) is 0 Å². The van der Waals surface area contributed by atoms with E-state index in [1.54, 1.807) is 0 Å². The average molecular weight is 215 g/mol. The molecule has 4 heteroatoms. The summed E-state index contributed by atoms with van der Waals surface area (Å²) in [5.74, 6) is -0.768. The highest BCUT2D eigenvalue weighted by atomic mass is 16.5. The minimum absolute atomic E-state index is 0.139. The van der Waals surface area contributed by atoms with Gasteiger partial charge in [0.05, 0.1) is 6.42 Å². The summed E-state index contributed by atoms with van der Waals surface area (Å²) in [5.41, 5.74) is 5.35. The Morgan fingerprint density at radius 3 is 2.67 bits per heavy atom. The van der Waals surface area contributed by atoms with Crippen LogP contribution in [0.4, 0.5) is 0 Å². The number of rotatable bonds is 3. The van der Waals surface area contributed by atoms with Crippen LogP contribution in [-0.4, -0.2) is 29.8 Å². The predicted molar refractivity (Wildman–Crippen MR) is 57.6 cm³/mol. The van der Waals surface area contributed by atoms with Gasteiger partial charge in [0.25, 0.3) is 0 Å². The van der Waals surface area contributed by atoms with Crippen molar-refractivity contribution in [3.63, 3.8) is 0 Å². The fourth-order valence-corrected chi connectivity index (χ4v) is 2.35. The smallest absolute Gasteiger partial charge is 0.303 e. The second-order valence-corrected chi connectivity index (χ2v) is 5.04. The van der Waals surface area contributed by atoms with Gasteiger partial charge in [-0.3, -0.25) is 4.79 Å². The summed E-state index contributed by atoms with van der Waals surface area (Å²) in [6.45, 7) is 5.17. The van der Waals surface area contributed by atoms with Crippen LogP contribution in [0, 0.1) is 5.41 Å². The van der Waals surface area contributed by atoms with Crippen LogP contribution in [0.2, 0.25) is 0 Å². The Hall–Kier alpha value is -0.610. The number of ether oxygens (including phenoxy) is 1. The molecule has 88 valence electrons. The molecule has 1 saturated heterocycles. The van der Waals surface area contributed by atoms with Crippen LogP contribution in [0.5, 0.6) is 0 Å². The first kappa shape index (κ1) is 12.5. The minimum Gasteiger partial charge on any atom is -0.481 e. The van der Waals surface area contributed by atoms with Gasteiger partial charge in [0, 0.05) is 24.2 Å². The van der Waals surface area contributed by atoms with E-state index >= 15 is 0 Å². The molecular formula is C11H21NO3. The van der Waals surface area contributed by atoms with Crippen LogP contribution in [0.3, 0.4) is 0 Å². The highest BCUT2D eigenvalue weighted by molar-refractivity contribution is 5.68. The molecule has 15 heavy (non-hydrogen) atoms. The zero-order valence-corrected chi connectivity index (χ0v) is 9.58. The number of carboxylic acid groups (broad SMARTS) is 1. The van der Waals surface area contributed by atoms with E-state index in [4.69, 9.17) is 15.6 Å². The van der Waals surface area contributed by atoms with Crippen LogP contribution < -0.4 is 5.73 Å². The van der Waals surface area contributed by atoms with Gasteiger partial charge in [-0.2, -0.15) is 0 Å². The van der Waals surface area contributed by atoms with Crippen molar-refractivity contribution in [1.29, 1.82) is 0 Å². The van der Waals surface area contributed by atoms with Gasteiger partial charge in [-0.25, -0.2) is 0 Å². The fraction of sp³-hybridized carbons (Fsp3) is 0.909. The van der Waals surface area contributed by atoms with E-state index in [2.05, 4.69) is 0 Å². The largest absolute Gasteiger partial charge is 0.481 e. The zero-order valence-electron chi connectivity index (χ0n) is 9.58. The first-order valence-corrected chi connectivity index (χ1v) is 5.46. The summed E-state index contributed by atoms with van der Waals surface area (Å²) >= 11 is 0. The van der Waals surface area contributed by atoms with E-state index in [0.29, 0.717) is 6.61 Å². The highest BCUT2D eigenvalue weighted by Gasteiger charge is 2.44. The molecule has 3 N–H and O–H groups in total. The molecule has 4 nitrogen and oxygen atoms in total. The number of carbonyl (C=O) groups is 1. The normalized spacial score (nSPS) is 28.5. The maximum atomic E-state index is 10.9. The van der Waals surface area contributed by atoms with E-state index < -0.39 is 11.5 Å². The maximum absolute atomic E-state index is 10.9. The van der Waals surface area contributed by atoms with E-state index in [9.17, 15) is 4.79 Å². The molecule has 0 saturated carbocycles. The van der Waals surface area contributed by atoms with Gasteiger partial charge in [0.15, 0.2) is 0 Å². The average Bonchev–Trinajstić information content (AvgIpc) is 2.28. The lowest BCUT2D eigenvalue weighted by molar-refractivity contribution is -0.141. The van der Waals surface area contributed by atoms with Crippen LogP contribution in [0.1, 0.15) is 39.5 Å². The van der Waals surface area contributed by atoms with Gasteiger partial charge < -0.3 is 15.6 Å². The molecule has 0 bridgehead atoms.